The summed E-state index contributed by atoms with van der Waals surface area (Å²) in [5.41, 5.74) is 8.34. The minimum Gasteiger partial charge on any atom is -0.441 e. The molecule has 0 atom stereocenters. The van der Waals surface area contributed by atoms with E-state index in [1.807, 2.05) is 39.0 Å². The molecule has 0 saturated carbocycles. The van der Waals surface area contributed by atoms with Crippen molar-refractivity contribution in [3.8, 4) is 11.3 Å². The molecule has 0 unspecified atom stereocenters. The number of amides is 1. The topological polar surface area (TPSA) is 127 Å². The molecular weight excluding hydrogens is 446 g/mol. The highest BCUT2D eigenvalue weighted by Gasteiger charge is 2.24. The zero-order valence-corrected chi connectivity index (χ0v) is 21.0. The van der Waals surface area contributed by atoms with Crippen LogP contribution in [0.1, 0.15) is 63.0 Å². The molecule has 0 fully saturated rings. The van der Waals surface area contributed by atoms with E-state index in [0.29, 0.717) is 31.2 Å². The van der Waals surface area contributed by atoms with Crippen LogP contribution < -0.4 is 21.9 Å². The molecule has 3 aromatic rings. The van der Waals surface area contributed by atoms with Gasteiger partial charge in [-0.2, -0.15) is 0 Å². The van der Waals surface area contributed by atoms with Gasteiger partial charge in [0.1, 0.15) is 5.82 Å². The van der Waals surface area contributed by atoms with E-state index >= 15 is 0 Å². The fourth-order valence-corrected chi connectivity index (χ4v) is 3.86. The SMILES string of the molecule is CCCCN(C(=O)CCc1ncc(-c2ccc(C)c(C)c2)o1)c1c(N)n(CCCC)c(=O)[nH]c1=O. The lowest BCUT2D eigenvalue weighted by molar-refractivity contribution is -0.118. The largest absolute Gasteiger partial charge is 0.441 e. The normalized spacial score (nSPS) is 11.1. The maximum Gasteiger partial charge on any atom is 0.330 e. The number of hydrogen-bond donors (Lipinski definition) is 2. The van der Waals surface area contributed by atoms with Crippen molar-refractivity contribution >= 4 is 17.4 Å². The molecule has 1 amide bonds. The number of carbonyl (C=O) groups is 1. The van der Waals surface area contributed by atoms with E-state index in [1.165, 1.54) is 15.0 Å². The van der Waals surface area contributed by atoms with Gasteiger partial charge in [-0.25, -0.2) is 9.78 Å². The van der Waals surface area contributed by atoms with Crippen LogP contribution in [0.2, 0.25) is 0 Å². The summed E-state index contributed by atoms with van der Waals surface area (Å²) in [4.78, 5) is 46.3. The number of aryl methyl sites for hydroxylation is 3. The second kappa shape index (κ2) is 11.7. The first-order valence-corrected chi connectivity index (χ1v) is 12.2. The van der Waals surface area contributed by atoms with Crippen LogP contribution in [0.5, 0.6) is 0 Å². The molecule has 0 saturated heterocycles. The van der Waals surface area contributed by atoms with E-state index in [0.717, 1.165) is 30.4 Å². The summed E-state index contributed by atoms with van der Waals surface area (Å²) in [5.74, 6) is 0.825. The summed E-state index contributed by atoms with van der Waals surface area (Å²) >= 11 is 0. The molecule has 0 bridgehead atoms. The van der Waals surface area contributed by atoms with E-state index in [1.54, 1.807) is 6.20 Å². The first kappa shape index (κ1) is 26.0. The summed E-state index contributed by atoms with van der Waals surface area (Å²) in [7, 11) is 0. The lowest BCUT2D eigenvalue weighted by Gasteiger charge is -2.24. The fourth-order valence-electron chi connectivity index (χ4n) is 3.86. The molecular formula is C26H35N5O4. The van der Waals surface area contributed by atoms with Gasteiger partial charge in [-0.15, -0.1) is 0 Å². The van der Waals surface area contributed by atoms with Crippen molar-refractivity contribution in [3.63, 3.8) is 0 Å². The minimum absolute atomic E-state index is 0.0183. The summed E-state index contributed by atoms with van der Waals surface area (Å²) in [6.45, 7) is 8.79. The summed E-state index contributed by atoms with van der Waals surface area (Å²) in [5, 5.41) is 0. The predicted octanol–water partition coefficient (Wildman–Crippen LogP) is 3.96. The van der Waals surface area contributed by atoms with Gasteiger partial charge in [0.15, 0.2) is 17.3 Å². The number of nitrogen functional groups attached to an aromatic ring is 1. The van der Waals surface area contributed by atoms with Crippen molar-refractivity contribution < 1.29 is 9.21 Å². The molecule has 2 aromatic heterocycles. The van der Waals surface area contributed by atoms with Crippen LogP contribution >= 0.6 is 0 Å². The van der Waals surface area contributed by atoms with Crippen molar-refractivity contribution in [3.05, 3.63) is 62.3 Å². The zero-order valence-electron chi connectivity index (χ0n) is 21.0. The van der Waals surface area contributed by atoms with Gasteiger partial charge in [0.05, 0.1) is 6.20 Å². The molecule has 0 aliphatic carbocycles. The monoisotopic (exact) mass is 481 g/mol. The number of anilines is 2. The van der Waals surface area contributed by atoms with Gasteiger partial charge in [-0.1, -0.05) is 38.8 Å². The van der Waals surface area contributed by atoms with Crippen molar-refractivity contribution in [1.29, 1.82) is 0 Å². The molecule has 2 heterocycles. The Kier molecular flexibility index (Phi) is 8.68. The lowest BCUT2D eigenvalue weighted by atomic mass is 10.1. The number of rotatable bonds is 11. The van der Waals surface area contributed by atoms with E-state index in [4.69, 9.17) is 10.2 Å². The molecule has 35 heavy (non-hydrogen) atoms. The Labute approximate surface area is 205 Å². The van der Waals surface area contributed by atoms with Gasteiger partial charge in [-0.3, -0.25) is 19.1 Å². The Hall–Kier alpha value is -3.62. The number of nitrogens with zero attached hydrogens (tertiary/aromatic N) is 3. The predicted molar refractivity (Wildman–Crippen MR) is 138 cm³/mol. The molecule has 9 nitrogen and oxygen atoms in total. The van der Waals surface area contributed by atoms with Gasteiger partial charge in [0.2, 0.25) is 5.91 Å². The first-order chi connectivity index (χ1) is 16.8. The van der Waals surface area contributed by atoms with Crippen molar-refractivity contribution in [2.45, 2.75) is 72.8 Å². The summed E-state index contributed by atoms with van der Waals surface area (Å²) in [6.07, 6.45) is 5.13. The minimum atomic E-state index is -0.655. The molecule has 3 N–H and O–H groups in total. The Bertz CT molecular complexity index is 1290. The van der Waals surface area contributed by atoms with E-state index in [-0.39, 0.29) is 30.3 Å². The smallest absolute Gasteiger partial charge is 0.330 e. The number of nitrogens with one attached hydrogen (secondary N) is 1. The van der Waals surface area contributed by atoms with Crippen molar-refractivity contribution in [2.75, 3.05) is 17.2 Å². The third-order valence-electron chi connectivity index (χ3n) is 6.15. The highest BCUT2D eigenvalue weighted by Crippen LogP contribution is 2.24. The number of aromatic amines is 1. The Morgan fingerprint density at radius 2 is 1.89 bits per heavy atom. The van der Waals surface area contributed by atoms with Crippen LogP contribution in [0.4, 0.5) is 11.5 Å². The Morgan fingerprint density at radius 1 is 1.14 bits per heavy atom. The maximum atomic E-state index is 13.3. The van der Waals surface area contributed by atoms with Gasteiger partial charge in [0, 0.05) is 31.5 Å². The highest BCUT2D eigenvalue weighted by molar-refractivity contribution is 5.95. The van der Waals surface area contributed by atoms with Gasteiger partial charge >= 0.3 is 5.69 Å². The number of oxazole rings is 1. The van der Waals surface area contributed by atoms with Crippen LogP contribution in [-0.4, -0.2) is 27.0 Å². The zero-order chi connectivity index (χ0) is 25.5. The summed E-state index contributed by atoms with van der Waals surface area (Å²) < 4.78 is 7.22. The standard InChI is InChI=1S/C26H35N5O4/c1-5-7-13-30(23-24(27)31(14-8-6-2)26(34)29-25(23)33)22(32)12-11-21-28-16-20(35-21)19-10-9-17(3)18(4)15-19/h9-10,15-16H,5-8,11-14,27H2,1-4H3,(H,29,33,34). The van der Waals surface area contributed by atoms with Crippen LogP contribution in [0.15, 0.2) is 38.4 Å². The van der Waals surface area contributed by atoms with Crippen molar-refractivity contribution in [1.82, 2.24) is 14.5 Å². The number of benzene rings is 1. The Balaban J connectivity index is 1.82. The van der Waals surface area contributed by atoms with Gasteiger partial charge < -0.3 is 15.1 Å². The molecule has 188 valence electrons. The number of aromatic nitrogens is 3. The van der Waals surface area contributed by atoms with E-state index in [9.17, 15) is 14.4 Å². The molecule has 0 aliphatic rings. The van der Waals surface area contributed by atoms with Crippen LogP contribution in [0.3, 0.4) is 0 Å². The van der Waals surface area contributed by atoms with E-state index < -0.39 is 11.2 Å². The number of carbonyl (C=O) groups excluding carboxylic acids is 1. The second-order valence-corrected chi connectivity index (χ2v) is 8.81. The molecule has 0 aliphatic heterocycles. The van der Waals surface area contributed by atoms with Gasteiger partial charge in [0.25, 0.3) is 5.56 Å². The van der Waals surface area contributed by atoms with Crippen molar-refractivity contribution in [2.24, 2.45) is 0 Å². The molecule has 0 radical (unpaired) electrons. The first-order valence-electron chi connectivity index (χ1n) is 12.2. The van der Waals surface area contributed by atoms with Crippen LogP contribution in [-0.2, 0) is 17.8 Å². The third-order valence-corrected chi connectivity index (χ3v) is 6.15. The van der Waals surface area contributed by atoms with E-state index in [2.05, 4.69) is 16.9 Å². The molecule has 1 aromatic carbocycles. The fraction of sp³-hybridized carbons (Fsp3) is 0.462. The quantitative estimate of drug-likeness (QED) is 0.427. The van der Waals surface area contributed by atoms with Crippen LogP contribution in [0, 0.1) is 13.8 Å². The molecule has 3 rings (SSSR count). The molecule has 9 heteroatoms. The maximum absolute atomic E-state index is 13.3. The molecule has 0 spiro atoms. The lowest BCUT2D eigenvalue weighted by Crippen LogP contribution is -2.41. The second-order valence-electron chi connectivity index (χ2n) is 8.81. The Morgan fingerprint density at radius 3 is 2.57 bits per heavy atom. The summed E-state index contributed by atoms with van der Waals surface area (Å²) in [6, 6.07) is 6.05. The number of H-pyrrole nitrogens is 1. The number of unbranched alkanes of at least 4 members (excludes halogenated alkanes) is 2. The van der Waals surface area contributed by atoms with Crippen LogP contribution in [0.25, 0.3) is 11.3 Å². The highest BCUT2D eigenvalue weighted by atomic mass is 16.4. The number of nitrogens with two attached hydrogens (primary N) is 1. The average Bonchev–Trinajstić information content (AvgIpc) is 3.30. The number of hydrogen-bond acceptors (Lipinski definition) is 6. The van der Waals surface area contributed by atoms with Gasteiger partial charge in [-0.05, 0) is 43.9 Å². The average molecular weight is 482 g/mol. The third kappa shape index (κ3) is 6.09.